The lowest BCUT2D eigenvalue weighted by molar-refractivity contribution is -0.143. The number of piperidine rings is 1. The van der Waals surface area contributed by atoms with Crippen molar-refractivity contribution >= 4 is 23.4 Å². The molecule has 1 amide bonds. The van der Waals surface area contributed by atoms with Crippen LogP contribution in [-0.2, 0) is 11.2 Å². The fourth-order valence-corrected chi connectivity index (χ4v) is 2.83. The number of nitrogens with zero attached hydrogens (tertiary/aromatic N) is 3. The molecule has 2 rings (SSSR count). The summed E-state index contributed by atoms with van der Waals surface area (Å²) in [5, 5.41) is 12.9. The van der Waals surface area contributed by atoms with Gasteiger partial charge in [0.2, 0.25) is 0 Å². The highest BCUT2D eigenvalue weighted by molar-refractivity contribution is 7.08. The molecule has 1 unspecified atom stereocenters. The van der Waals surface area contributed by atoms with Gasteiger partial charge in [0.15, 0.2) is 0 Å². The van der Waals surface area contributed by atoms with Crippen LogP contribution in [0.25, 0.3) is 0 Å². The van der Waals surface area contributed by atoms with Gasteiger partial charge in [-0.1, -0.05) is 11.4 Å². The molecule has 1 aliphatic rings. The maximum atomic E-state index is 12.3. The van der Waals surface area contributed by atoms with Gasteiger partial charge in [0.1, 0.15) is 4.88 Å². The normalized spacial score (nSPS) is 19.8. The zero-order valence-electron chi connectivity index (χ0n) is 10.1. The first-order chi connectivity index (χ1) is 8.63. The van der Waals surface area contributed by atoms with E-state index >= 15 is 0 Å². The van der Waals surface area contributed by atoms with Gasteiger partial charge in [0.05, 0.1) is 11.6 Å². The zero-order valence-corrected chi connectivity index (χ0v) is 10.9. The van der Waals surface area contributed by atoms with Crippen molar-refractivity contribution in [2.45, 2.75) is 26.2 Å². The highest BCUT2D eigenvalue weighted by Crippen LogP contribution is 2.21. The minimum absolute atomic E-state index is 0.132. The predicted octanol–water partition coefficient (Wildman–Crippen LogP) is 1.04. The number of hydrogen-bond acceptors (Lipinski definition) is 5. The quantitative estimate of drug-likeness (QED) is 0.886. The lowest BCUT2D eigenvalue weighted by atomic mass is 9.98. The van der Waals surface area contributed by atoms with Gasteiger partial charge >= 0.3 is 5.97 Å². The third-order valence-corrected chi connectivity index (χ3v) is 3.90. The van der Waals surface area contributed by atoms with E-state index in [0.29, 0.717) is 30.0 Å². The number of carboxylic acids is 1. The predicted molar refractivity (Wildman–Crippen MR) is 65.6 cm³/mol. The molecule has 1 aromatic heterocycles. The van der Waals surface area contributed by atoms with Crippen LogP contribution in [0.4, 0.5) is 0 Å². The van der Waals surface area contributed by atoms with E-state index < -0.39 is 11.9 Å². The topological polar surface area (TPSA) is 83.4 Å². The maximum absolute atomic E-state index is 12.3. The molecule has 1 aromatic rings. The smallest absolute Gasteiger partial charge is 0.308 e. The number of likely N-dealkylation sites (tertiary alicyclic amines) is 1. The van der Waals surface area contributed by atoms with Crippen molar-refractivity contribution in [1.29, 1.82) is 0 Å². The monoisotopic (exact) mass is 269 g/mol. The molecule has 1 saturated heterocycles. The third kappa shape index (κ3) is 2.50. The Kier molecular flexibility index (Phi) is 3.90. The molecule has 0 saturated carbocycles. The minimum atomic E-state index is -0.828. The third-order valence-electron chi connectivity index (χ3n) is 3.14. The summed E-state index contributed by atoms with van der Waals surface area (Å²) >= 11 is 1.09. The number of aromatic nitrogens is 2. The summed E-state index contributed by atoms with van der Waals surface area (Å²) in [4.78, 5) is 25.4. The molecule has 98 valence electrons. The Labute approximate surface area is 109 Å². The highest BCUT2D eigenvalue weighted by Gasteiger charge is 2.30. The molecule has 1 fully saturated rings. The molecular formula is C11H15N3O3S. The van der Waals surface area contributed by atoms with E-state index in [0.717, 1.165) is 18.0 Å². The van der Waals surface area contributed by atoms with E-state index in [1.165, 1.54) is 0 Å². The summed E-state index contributed by atoms with van der Waals surface area (Å²) in [6.45, 7) is 2.82. The SMILES string of the molecule is CCc1nnsc1C(=O)N1CCCC(C(=O)O)C1. The Morgan fingerprint density at radius 2 is 2.33 bits per heavy atom. The van der Waals surface area contributed by atoms with Gasteiger partial charge < -0.3 is 10.0 Å². The number of amides is 1. The molecule has 18 heavy (non-hydrogen) atoms. The molecule has 1 aliphatic heterocycles. The molecule has 6 nitrogen and oxygen atoms in total. The second-order valence-corrected chi connectivity index (χ2v) is 5.08. The van der Waals surface area contributed by atoms with Gasteiger partial charge in [-0.3, -0.25) is 9.59 Å². The largest absolute Gasteiger partial charge is 0.481 e. The van der Waals surface area contributed by atoms with Gasteiger partial charge in [-0.05, 0) is 30.8 Å². The van der Waals surface area contributed by atoms with E-state index in [9.17, 15) is 9.59 Å². The number of hydrogen-bond donors (Lipinski definition) is 1. The van der Waals surface area contributed by atoms with E-state index in [1.54, 1.807) is 4.90 Å². The maximum Gasteiger partial charge on any atom is 0.308 e. The van der Waals surface area contributed by atoms with Crippen LogP contribution in [0.15, 0.2) is 0 Å². The number of carboxylic acid groups (broad SMARTS) is 1. The van der Waals surface area contributed by atoms with Gasteiger partial charge in [-0.2, -0.15) is 0 Å². The van der Waals surface area contributed by atoms with Crippen LogP contribution in [0.1, 0.15) is 35.1 Å². The second kappa shape index (κ2) is 5.43. The van der Waals surface area contributed by atoms with Crippen LogP contribution < -0.4 is 0 Å². The molecule has 0 aliphatic carbocycles. The van der Waals surface area contributed by atoms with Crippen LogP contribution in [0, 0.1) is 5.92 Å². The van der Waals surface area contributed by atoms with Crippen molar-refractivity contribution < 1.29 is 14.7 Å². The van der Waals surface area contributed by atoms with Crippen LogP contribution in [-0.4, -0.2) is 44.6 Å². The fourth-order valence-electron chi connectivity index (χ4n) is 2.11. The van der Waals surface area contributed by atoms with E-state index in [1.807, 2.05) is 6.92 Å². The van der Waals surface area contributed by atoms with Crippen LogP contribution >= 0.6 is 11.5 Å². The highest BCUT2D eigenvalue weighted by atomic mass is 32.1. The summed E-state index contributed by atoms with van der Waals surface area (Å²) in [6.07, 6.45) is 2.03. The Morgan fingerprint density at radius 1 is 1.56 bits per heavy atom. The second-order valence-electron chi connectivity index (χ2n) is 4.33. The summed E-state index contributed by atoms with van der Waals surface area (Å²) in [6, 6.07) is 0. The average Bonchev–Trinajstić information content (AvgIpc) is 2.86. The van der Waals surface area contributed by atoms with Crippen molar-refractivity contribution in [3.05, 3.63) is 10.6 Å². The molecule has 1 atom stereocenters. The van der Waals surface area contributed by atoms with Gasteiger partial charge in [0.25, 0.3) is 5.91 Å². The Hall–Kier alpha value is -1.50. The van der Waals surface area contributed by atoms with Crippen LogP contribution in [0.2, 0.25) is 0 Å². The summed E-state index contributed by atoms with van der Waals surface area (Å²) in [5.74, 6) is -1.41. The fraction of sp³-hybridized carbons (Fsp3) is 0.636. The minimum Gasteiger partial charge on any atom is -0.481 e. The molecule has 7 heteroatoms. The number of aliphatic carboxylic acids is 1. The lowest BCUT2D eigenvalue weighted by Crippen LogP contribution is -2.42. The first-order valence-corrected chi connectivity index (χ1v) is 6.74. The molecular weight excluding hydrogens is 254 g/mol. The van der Waals surface area contributed by atoms with E-state index in [2.05, 4.69) is 9.59 Å². The van der Waals surface area contributed by atoms with Gasteiger partial charge in [-0.25, -0.2) is 0 Å². The lowest BCUT2D eigenvalue weighted by Gasteiger charge is -2.30. The first-order valence-electron chi connectivity index (χ1n) is 5.96. The Balaban J connectivity index is 2.11. The van der Waals surface area contributed by atoms with Crippen LogP contribution in [0.3, 0.4) is 0 Å². The van der Waals surface area contributed by atoms with Crippen molar-refractivity contribution in [3.8, 4) is 0 Å². The number of rotatable bonds is 3. The zero-order chi connectivity index (χ0) is 13.1. The van der Waals surface area contributed by atoms with E-state index in [4.69, 9.17) is 5.11 Å². The number of carbonyl (C=O) groups excluding carboxylic acids is 1. The van der Waals surface area contributed by atoms with Crippen molar-refractivity contribution in [1.82, 2.24) is 14.5 Å². The molecule has 0 radical (unpaired) electrons. The molecule has 2 heterocycles. The number of carbonyl (C=O) groups is 2. The molecule has 0 aromatic carbocycles. The molecule has 1 N–H and O–H groups in total. The number of aryl methyl sites for hydroxylation is 1. The van der Waals surface area contributed by atoms with E-state index in [-0.39, 0.29) is 12.5 Å². The summed E-state index contributed by atoms with van der Waals surface area (Å²) in [5.41, 5.74) is 0.697. The Bertz CT molecular complexity index is 460. The first kappa shape index (κ1) is 12.9. The standard InChI is InChI=1S/C11H15N3O3S/c1-2-8-9(18-13-12-8)10(15)14-5-3-4-7(6-14)11(16)17/h7H,2-6H2,1H3,(H,16,17). The van der Waals surface area contributed by atoms with Crippen LogP contribution in [0.5, 0.6) is 0 Å². The van der Waals surface area contributed by atoms with Crippen molar-refractivity contribution in [2.75, 3.05) is 13.1 Å². The van der Waals surface area contributed by atoms with Gasteiger partial charge in [-0.15, -0.1) is 5.10 Å². The summed E-state index contributed by atoms with van der Waals surface area (Å²) < 4.78 is 3.79. The summed E-state index contributed by atoms with van der Waals surface area (Å²) in [7, 11) is 0. The average molecular weight is 269 g/mol. The van der Waals surface area contributed by atoms with Crippen molar-refractivity contribution in [3.63, 3.8) is 0 Å². The molecule has 0 bridgehead atoms. The van der Waals surface area contributed by atoms with Crippen molar-refractivity contribution in [2.24, 2.45) is 5.92 Å². The Morgan fingerprint density at radius 3 is 3.00 bits per heavy atom. The molecule has 0 spiro atoms. The van der Waals surface area contributed by atoms with Gasteiger partial charge in [0, 0.05) is 13.1 Å².